The Morgan fingerprint density at radius 1 is 1.19 bits per heavy atom. The van der Waals surface area contributed by atoms with Gasteiger partial charge in [-0.2, -0.15) is 0 Å². The molecule has 2 heterocycles. The van der Waals surface area contributed by atoms with E-state index in [0.717, 1.165) is 31.5 Å². The number of benzene rings is 1. The highest BCUT2D eigenvalue weighted by atomic mass is 35.5. The molecular weight excluding hydrogens is 388 g/mol. The summed E-state index contributed by atoms with van der Waals surface area (Å²) in [6, 6.07) is 7.36. The van der Waals surface area contributed by atoms with Crippen LogP contribution in [0, 0.1) is 0 Å². The second-order valence-corrected chi connectivity index (χ2v) is 8.48. The molecule has 0 atom stereocenters. The Morgan fingerprint density at radius 3 is 2.58 bits per heavy atom. The molecule has 2 amide bonds. The molecule has 3 rings (SSSR count). The lowest BCUT2D eigenvalue weighted by molar-refractivity contribution is -0.131. The number of carbonyl (C=O) groups excluding carboxylic acids is 2. The summed E-state index contributed by atoms with van der Waals surface area (Å²) in [4.78, 5) is 29.1. The molecule has 7 heteroatoms. The number of hydrogen-bond acceptors (Lipinski definition) is 4. The van der Waals surface area contributed by atoms with Gasteiger partial charge in [0.15, 0.2) is 0 Å². The van der Waals surface area contributed by atoms with E-state index >= 15 is 0 Å². The molecule has 0 spiro atoms. The van der Waals surface area contributed by atoms with Gasteiger partial charge in [0.1, 0.15) is 4.32 Å². The topological polar surface area (TPSA) is 40.6 Å². The number of halogens is 1. The lowest BCUT2D eigenvalue weighted by Crippen LogP contribution is -2.36. The van der Waals surface area contributed by atoms with Crippen LogP contribution in [0.1, 0.15) is 37.7 Å². The quantitative estimate of drug-likeness (QED) is 0.549. The summed E-state index contributed by atoms with van der Waals surface area (Å²) >= 11 is 12.8. The standard InChI is InChI=1S/C19H21ClN2O2S2/c20-15-8-4-3-7-14(15)13-16-18(24)22(19(25)26-16)12-9-17(23)21-10-5-1-2-6-11-21/h3-4,7-8,13H,1-2,5-6,9-12H2/b16-13+. The minimum Gasteiger partial charge on any atom is -0.343 e. The number of likely N-dealkylation sites (tertiary alicyclic amines) is 1. The zero-order valence-corrected chi connectivity index (χ0v) is 16.8. The van der Waals surface area contributed by atoms with Crippen LogP contribution >= 0.6 is 35.6 Å². The van der Waals surface area contributed by atoms with Crippen LogP contribution in [-0.4, -0.2) is 45.6 Å². The molecule has 0 N–H and O–H groups in total. The van der Waals surface area contributed by atoms with Crippen molar-refractivity contribution in [1.82, 2.24) is 9.80 Å². The molecule has 0 saturated carbocycles. The molecule has 2 aliphatic rings. The van der Waals surface area contributed by atoms with Crippen molar-refractivity contribution in [3.05, 3.63) is 39.8 Å². The van der Waals surface area contributed by atoms with Crippen molar-refractivity contribution in [2.45, 2.75) is 32.1 Å². The molecule has 138 valence electrons. The average molecular weight is 409 g/mol. The highest BCUT2D eigenvalue weighted by Crippen LogP contribution is 2.33. The Bertz CT molecular complexity index is 743. The molecular formula is C19H21ClN2O2S2. The van der Waals surface area contributed by atoms with Gasteiger partial charge in [0.25, 0.3) is 5.91 Å². The Labute approximate surface area is 168 Å². The molecule has 1 aromatic carbocycles. The third-order valence-corrected chi connectivity index (χ3v) is 6.30. The average Bonchev–Trinajstić information content (AvgIpc) is 2.83. The van der Waals surface area contributed by atoms with E-state index in [-0.39, 0.29) is 11.8 Å². The van der Waals surface area contributed by atoms with E-state index in [2.05, 4.69) is 0 Å². The minimum atomic E-state index is -0.149. The van der Waals surface area contributed by atoms with Crippen molar-refractivity contribution < 1.29 is 9.59 Å². The molecule has 0 bridgehead atoms. The monoisotopic (exact) mass is 408 g/mol. The number of amides is 2. The van der Waals surface area contributed by atoms with Crippen LogP contribution in [0.4, 0.5) is 0 Å². The zero-order valence-electron chi connectivity index (χ0n) is 14.4. The highest BCUT2D eigenvalue weighted by Gasteiger charge is 2.32. The van der Waals surface area contributed by atoms with Crippen LogP contribution in [0.5, 0.6) is 0 Å². The van der Waals surface area contributed by atoms with Crippen LogP contribution in [-0.2, 0) is 9.59 Å². The highest BCUT2D eigenvalue weighted by molar-refractivity contribution is 8.26. The lowest BCUT2D eigenvalue weighted by Gasteiger charge is -2.22. The fourth-order valence-corrected chi connectivity index (χ4v) is 4.60. The van der Waals surface area contributed by atoms with E-state index in [1.807, 2.05) is 23.1 Å². The van der Waals surface area contributed by atoms with Gasteiger partial charge in [-0.3, -0.25) is 14.5 Å². The van der Waals surface area contributed by atoms with E-state index in [4.69, 9.17) is 23.8 Å². The molecule has 26 heavy (non-hydrogen) atoms. The van der Waals surface area contributed by atoms with Gasteiger partial charge < -0.3 is 4.90 Å². The van der Waals surface area contributed by atoms with E-state index in [1.165, 1.54) is 29.5 Å². The fraction of sp³-hybridized carbons (Fsp3) is 0.421. The van der Waals surface area contributed by atoms with Crippen molar-refractivity contribution >= 4 is 57.8 Å². The van der Waals surface area contributed by atoms with Gasteiger partial charge in [-0.05, 0) is 30.5 Å². The number of rotatable bonds is 4. The summed E-state index contributed by atoms with van der Waals surface area (Å²) < 4.78 is 0.497. The maximum atomic E-state index is 12.7. The Hall–Kier alpha value is -1.37. The van der Waals surface area contributed by atoms with Gasteiger partial charge in [-0.1, -0.05) is 66.6 Å². The van der Waals surface area contributed by atoms with Gasteiger partial charge in [0.2, 0.25) is 5.91 Å². The van der Waals surface area contributed by atoms with Gasteiger partial charge in [0, 0.05) is 31.1 Å². The molecule has 0 aromatic heterocycles. The Balaban J connectivity index is 1.62. The zero-order chi connectivity index (χ0) is 18.5. The van der Waals surface area contributed by atoms with Gasteiger partial charge in [0.05, 0.1) is 4.91 Å². The Kier molecular flexibility index (Phi) is 6.73. The predicted molar refractivity (Wildman–Crippen MR) is 111 cm³/mol. The summed E-state index contributed by atoms with van der Waals surface area (Å²) in [5, 5.41) is 0.592. The van der Waals surface area contributed by atoms with Crippen molar-refractivity contribution in [1.29, 1.82) is 0 Å². The molecule has 0 radical (unpaired) electrons. The summed E-state index contributed by atoms with van der Waals surface area (Å²) in [7, 11) is 0. The molecule has 2 fully saturated rings. The molecule has 0 unspecified atom stereocenters. The normalized spacial score (nSPS) is 20.0. The molecule has 1 aromatic rings. The van der Waals surface area contributed by atoms with Crippen LogP contribution in [0.15, 0.2) is 29.2 Å². The molecule has 4 nitrogen and oxygen atoms in total. The van der Waals surface area contributed by atoms with Crippen LogP contribution in [0.3, 0.4) is 0 Å². The second-order valence-electron chi connectivity index (χ2n) is 6.40. The predicted octanol–water partition coefficient (Wildman–Crippen LogP) is 4.33. The fourth-order valence-electron chi connectivity index (χ4n) is 3.11. The second kappa shape index (κ2) is 9.02. The van der Waals surface area contributed by atoms with Gasteiger partial charge in [-0.15, -0.1) is 0 Å². The number of carbonyl (C=O) groups is 2. The number of nitrogens with zero attached hydrogens (tertiary/aromatic N) is 2. The smallest absolute Gasteiger partial charge is 0.266 e. The van der Waals surface area contributed by atoms with Crippen LogP contribution < -0.4 is 0 Å². The first-order valence-electron chi connectivity index (χ1n) is 8.84. The maximum absolute atomic E-state index is 12.7. The Morgan fingerprint density at radius 2 is 1.88 bits per heavy atom. The summed E-state index contributed by atoms with van der Waals surface area (Å²) in [6.07, 6.45) is 6.57. The number of hydrogen-bond donors (Lipinski definition) is 0. The number of thioether (sulfide) groups is 1. The van der Waals surface area contributed by atoms with Crippen molar-refractivity contribution in [2.75, 3.05) is 19.6 Å². The summed E-state index contributed by atoms with van der Waals surface area (Å²) in [6.45, 7) is 1.98. The minimum absolute atomic E-state index is 0.107. The van der Waals surface area contributed by atoms with Crippen molar-refractivity contribution in [3.8, 4) is 0 Å². The van der Waals surface area contributed by atoms with Crippen molar-refractivity contribution in [2.24, 2.45) is 0 Å². The van der Waals surface area contributed by atoms with E-state index in [9.17, 15) is 9.59 Å². The third kappa shape index (κ3) is 4.67. The molecule has 2 aliphatic heterocycles. The molecule has 2 saturated heterocycles. The first-order chi connectivity index (χ1) is 12.6. The number of thiocarbonyl (C=S) groups is 1. The van der Waals surface area contributed by atoms with E-state index in [0.29, 0.717) is 27.2 Å². The van der Waals surface area contributed by atoms with Gasteiger partial charge in [-0.25, -0.2) is 0 Å². The van der Waals surface area contributed by atoms with Crippen LogP contribution in [0.25, 0.3) is 6.08 Å². The largest absolute Gasteiger partial charge is 0.343 e. The maximum Gasteiger partial charge on any atom is 0.266 e. The van der Waals surface area contributed by atoms with E-state index in [1.54, 1.807) is 12.1 Å². The first-order valence-corrected chi connectivity index (χ1v) is 10.4. The van der Waals surface area contributed by atoms with Crippen LogP contribution in [0.2, 0.25) is 5.02 Å². The van der Waals surface area contributed by atoms with Gasteiger partial charge >= 0.3 is 0 Å². The first kappa shape index (κ1) is 19.4. The summed E-state index contributed by atoms with van der Waals surface area (Å²) in [5.74, 6) is -0.0420. The lowest BCUT2D eigenvalue weighted by atomic mass is 10.2. The third-order valence-electron chi connectivity index (χ3n) is 4.57. The molecule has 0 aliphatic carbocycles. The van der Waals surface area contributed by atoms with Crippen molar-refractivity contribution in [3.63, 3.8) is 0 Å². The van der Waals surface area contributed by atoms with E-state index < -0.39 is 0 Å². The SMILES string of the molecule is O=C(CCN1C(=O)/C(=C\c2ccccc2Cl)SC1=S)N1CCCCCC1. The summed E-state index contributed by atoms with van der Waals surface area (Å²) in [5.41, 5.74) is 0.787.